The first-order chi connectivity index (χ1) is 17.7. The van der Waals surface area contributed by atoms with Gasteiger partial charge in [0, 0.05) is 17.0 Å². The van der Waals surface area contributed by atoms with Crippen LogP contribution < -0.4 is 9.64 Å². The van der Waals surface area contributed by atoms with Gasteiger partial charge in [0.2, 0.25) is 0 Å². The van der Waals surface area contributed by atoms with E-state index >= 15 is 0 Å². The molecule has 10 heteroatoms. The SMILES string of the molecule is CCOC(=O)c1sc(N2C(=O)C(=O)C(=C(O)c3ccc4c(c3)CC(C)O4)C2c2cccc(Cl)c2)nc1C. The van der Waals surface area contributed by atoms with Gasteiger partial charge in [-0.1, -0.05) is 35.1 Å². The van der Waals surface area contributed by atoms with E-state index in [1.165, 1.54) is 4.90 Å². The highest BCUT2D eigenvalue weighted by atomic mass is 35.5. The fourth-order valence-electron chi connectivity index (χ4n) is 4.62. The van der Waals surface area contributed by atoms with Gasteiger partial charge in [-0.05, 0) is 62.2 Å². The van der Waals surface area contributed by atoms with Gasteiger partial charge in [0.15, 0.2) is 5.13 Å². The number of ketones is 1. The van der Waals surface area contributed by atoms with Gasteiger partial charge in [-0.25, -0.2) is 9.78 Å². The number of hydrogen-bond acceptors (Lipinski definition) is 8. The normalized spacial score (nSPS) is 20.2. The minimum absolute atomic E-state index is 0.00572. The van der Waals surface area contributed by atoms with E-state index in [9.17, 15) is 19.5 Å². The molecule has 2 aromatic carbocycles. The van der Waals surface area contributed by atoms with E-state index < -0.39 is 23.7 Å². The molecule has 0 spiro atoms. The topological polar surface area (TPSA) is 106 Å². The first-order valence-corrected chi connectivity index (χ1v) is 12.9. The number of carbonyl (C=O) groups excluding carboxylic acids is 3. The molecule has 2 aliphatic rings. The summed E-state index contributed by atoms with van der Waals surface area (Å²) in [5.74, 6) is -1.88. The average molecular weight is 539 g/mol. The van der Waals surface area contributed by atoms with Crippen LogP contribution in [-0.4, -0.2) is 40.5 Å². The summed E-state index contributed by atoms with van der Waals surface area (Å²) in [7, 11) is 0. The van der Waals surface area contributed by atoms with Gasteiger partial charge in [0.05, 0.1) is 23.9 Å². The molecule has 1 saturated heterocycles. The highest BCUT2D eigenvalue weighted by Gasteiger charge is 2.48. The van der Waals surface area contributed by atoms with E-state index in [2.05, 4.69) is 4.98 Å². The molecule has 0 aliphatic carbocycles. The van der Waals surface area contributed by atoms with Gasteiger partial charge in [0.25, 0.3) is 5.78 Å². The lowest BCUT2D eigenvalue weighted by molar-refractivity contribution is -0.132. The molecule has 0 bridgehead atoms. The van der Waals surface area contributed by atoms with Crippen LogP contribution in [0.3, 0.4) is 0 Å². The van der Waals surface area contributed by atoms with Gasteiger partial charge >= 0.3 is 11.9 Å². The second kappa shape index (κ2) is 9.64. The first kappa shape index (κ1) is 25.0. The molecule has 190 valence electrons. The number of ether oxygens (including phenoxy) is 2. The Bertz CT molecular complexity index is 1480. The number of Topliss-reactive ketones (excluding diaryl/α,β-unsaturated/α-hetero) is 1. The number of esters is 1. The molecule has 5 rings (SSSR count). The lowest BCUT2D eigenvalue weighted by Crippen LogP contribution is -2.29. The van der Waals surface area contributed by atoms with Crippen LogP contribution in [0.25, 0.3) is 5.76 Å². The summed E-state index contributed by atoms with van der Waals surface area (Å²) in [5.41, 5.74) is 2.09. The van der Waals surface area contributed by atoms with Gasteiger partial charge in [-0.2, -0.15) is 0 Å². The Hall–Kier alpha value is -3.69. The number of carbonyl (C=O) groups is 3. The quantitative estimate of drug-likeness (QED) is 0.205. The molecule has 1 fully saturated rings. The van der Waals surface area contributed by atoms with Crippen LogP contribution in [0, 0.1) is 6.92 Å². The molecule has 1 aromatic heterocycles. The number of benzene rings is 2. The average Bonchev–Trinajstić information content (AvgIpc) is 3.51. The minimum Gasteiger partial charge on any atom is -0.507 e. The van der Waals surface area contributed by atoms with Gasteiger partial charge in [0.1, 0.15) is 22.5 Å². The predicted molar refractivity (Wildman–Crippen MR) is 139 cm³/mol. The van der Waals surface area contributed by atoms with E-state index in [-0.39, 0.29) is 34.1 Å². The van der Waals surface area contributed by atoms with Crippen molar-refractivity contribution in [1.29, 1.82) is 0 Å². The summed E-state index contributed by atoms with van der Waals surface area (Å²) < 4.78 is 10.9. The molecule has 37 heavy (non-hydrogen) atoms. The highest BCUT2D eigenvalue weighted by molar-refractivity contribution is 7.17. The number of hydrogen-bond donors (Lipinski definition) is 1. The number of aromatic nitrogens is 1. The molecular formula is C27H23ClN2O6S. The number of aliphatic hydroxyl groups is 1. The summed E-state index contributed by atoms with van der Waals surface area (Å²) in [5, 5.41) is 11.9. The summed E-state index contributed by atoms with van der Waals surface area (Å²) in [6.07, 6.45) is 0.670. The Balaban J connectivity index is 1.67. The predicted octanol–water partition coefficient (Wildman–Crippen LogP) is 5.23. The molecule has 2 aliphatic heterocycles. The third-order valence-electron chi connectivity index (χ3n) is 6.23. The molecule has 0 saturated carbocycles. The molecule has 1 amide bonds. The number of nitrogens with zero attached hydrogens (tertiary/aromatic N) is 2. The van der Waals surface area contributed by atoms with Crippen LogP contribution >= 0.6 is 22.9 Å². The summed E-state index contributed by atoms with van der Waals surface area (Å²) >= 11 is 7.22. The van der Waals surface area contributed by atoms with Crippen LogP contribution in [-0.2, 0) is 20.7 Å². The number of amides is 1. The maximum atomic E-state index is 13.4. The van der Waals surface area contributed by atoms with Crippen molar-refractivity contribution >= 4 is 51.5 Å². The molecule has 1 N–H and O–H groups in total. The number of fused-ring (bicyclic) bond motifs is 1. The molecule has 3 heterocycles. The molecular weight excluding hydrogens is 516 g/mol. The Morgan fingerprint density at radius 2 is 2.05 bits per heavy atom. The fourth-order valence-corrected chi connectivity index (χ4v) is 5.80. The highest BCUT2D eigenvalue weighted by Crippen LogP contribution is 2.44. The third-order valence-corrected chi connectivity index (χ3v) is 7.60. The third kappa shape index (κ3) is 4.38. The fraction of sp³-hybridized carbons (Fsp3) is 0.259. The zero-order valence-electron chi connectivity index (χ0n) is 20.3. The van der Waals surface area contributed by atoms with Crippen molar-refractivity contribution in [3.05, 3.63) is 80.3 Å². The second-order valence-corrected chi connectivity index (χ2v) is 10.2. The Kier molecular flexibility index (Phi) is 6.51. The molecule has 3 aromatic rings. The van der Waals surface area contributed by atoms with Crippen molar-refractivity contribution in [2.45, 2.75) is 39.3 Å². The van der Waals surface area contributed by atoms with Gasteiger partial charge < -0.3 is 14.6 Å². The zero-order valence-corrected chi connectivity index (χ0v) is 21.9. The van der Waals surface area contributed by atoms with Crippen LogP contribution in [0.4, 0.5) is 5.13 Å². The Labute approximate surface area is 222 Å². The number of halogens is 1. The largest absolute Gasteiger partial charge is 0.507 e. The van der Waals surface area contributed by atoms with Crippen molar-refractivity contribution in [2.75, 3.05) is 11.5 Å². The lowest BCUT2D eigenvalue weighted by atomic mass is 9.94. The molecule has 8 nitrogen and oxygen atoms in total. The Morgan fingerprint density at radius 1 is 1.27 bits per heavy atom. The van der Waals surface area contributed by atoms with Crippen LogP contribution in [0.2, 0.25) is 5.02 Å². The number of aliphatic hydroxyl groups excluding tert-OH is 1. The summed E-state index contributed by atoms with van der Waals surface area (Å²) in [6, 6.07) is 10.9. The first-order valence-electron chi connectivity index (χ1n) is 11.7. The molecule has 0 radical (unpaired) electrons. The maximum Gasteiger partial charge on any atom is 0.350 e. The van der Waals surface area contributed by atoms with Gasteiger partial charge in [-0.3, -0.25) is 14.5 Å². The van der Waals surface area contributed by atoms with Crippen LogP contribution in [0.1, 0.15) is 51.9 Å². The van der Waals surface area contributed by atoms with E-state index in [0.717, 1.165) is 22.6 Å². The zero-order chi connectivity index (χ0) is 26.4. The smallest absolute Gasteiger partial charge is 0.350 e. The van der Waals surface area contributed by atoms with E-state index in [0.29, 0.717) is 28.3 Å². The summed E-state index contributed by atoms with van der Waals surface area (Å²) in [4.78, 5) is 45.1. The van der Waals surface area contributed by atoms with Crippen molar-refractivity contribution in [3.63, 3.8) is 0 Å². The van der Waals surface area contributed by atoms with Crippen LogP contribution in [0.15, 0.2) is 48.0 Å². The minimum atomic E-state index is -1.01. The van der Waals surface area contributed by atoms with E-state index in [1.54, 1.807) is 56.3 Å². The number of rotatable bonds is 5. The van der Waals surface area contributed by atoms with E-state index in [4.69, 9.17) is 21.1 Å². The standard InChI is InChI=1S/C27H23ClN2O6S/c1-4-35-26(34)24-14(3)29-27(37-24)30-21(15-6-5-7-18(28)12-15)20(23(32)25(30)33)22(31)16-8-9-19-17(11-16)10-13(2)36-19/h5-9,11-13,21,31H,4,10H2,1-3H3. The molecule has 2 atom stereocenters. The summed E-state index contributed by atoms with van der Waals surface area (Å²) in [6.45, 7) is 5.46. The van der Waals surface area contributed by atoms with Gasteiger partial charge in [-0.15, -0.1) is 0 Å². The Morgan fingerprint density at radius 3 is 2.78 bits per heavy atom. The van der Waals surface area contributed by atoms with E-state index in [1.807, 2.05) is 6.92 Å². The monoisotopic (exact) mass is 538 g/mol. The maximum absolute atomic E-state index is 13.4. The lowest BCUT2D eigenvalue weighted by Gasteiger charge is -2.23. The van der Waals surface area contributed by atoms with Crippen molar-refractivity contribution in [2.24, 2.45) is 0 Å². The van der Waals surface area contributed by atoms with Crippen molar-refractivity contribution < 1.29 is 29.0 Å². The van der Waals surface area contributed by atoms with Crippen LogP contribution in [0.5, 0.6) is 5.75 Å². The molecule has 2 unspecified atom stereocenters. The van der Waals surface area contributed by atoms with Crippen molar-refractivity contribution in [1.82, 2.24) is 4.98 Å². The van der Waals surface area contributed by atoms with Crippen molar-refractivity contribution in [3.8, 4) is 5.75 Å². The number of anilines is 1. The number of aryl methyl sites for hydroxylation is 1. The number of thiazole rings is 1. The second-order valence-electron chi connectivity index (χ2n) is 8.81.